The lowest BCUT2D eigenvalue weighted by Crippen LogP contribution is -2.29. The third-order valence-corrected chi connectivity index (χ3v) is 3.59. The topological polar surface area (TPSA) is 121 Å². The van der Waals surface area contributed by atoms with Crippen LogP contribution in [0.3, 0.4) is 0 Å². The van der Waals surface area contributed by atoms with Crippen molar-refractivity contribution in [3.8, 4) is 17.3 Å². The second-order valence-electron chi connectivity index (χ2n) is 5.45. The van der Waals surface area contributed by atoms with Crippen molar-refractivity contribution in [1.82, 2.24) is 29.5 Å². The van der Waals surface area contributed by atoms with Gasteiger partial charge in [-0.3, -0.25) is 9.59 Å². The Morgan fingerprint density at radius 1 is 1.19 bits per heavy atom. The number of hydrogen-bond acceptors (Lipinski definition) is 7. The molecule has 0 radical (unpaired) electrons. The van der Waals surface area contributed by atoms with Crippen LogP contribution in [-0.4, -0.2) is 35.4 Å². The Hall–Kier alpha value is -4.08. The average molecular weight is 363 g/mol. The molecule has 134 valence electrons. The molecule has 0 atom stereocenters. The summed E-state index contributed by atoms with van der Waals surface area (Å²) in [5.74, 6) is 0.839. The van der Waals surface area contributed by atoms with Gasteiger partial charge in [-0.2, -0.15) is 10.2 Å². The number of carbonyl (C=O) groups excluding carboxylic acids is 1. The van der Waals surface area contributed by atoms with Gasteiger partial charge in [-0.15, -0.1) is 0 Å². The third-order valence-electron chi connectivity index (χ3n) is 3.59. The summed E-state index contributed by atoms with van der Waals surface area (Å²) in [6.07, 6.45) is 6.15. The van der Waals surface area contributed by atoms with E-state index in [2.05, 4.69) is 25.5 Å². The molecule has 1 N–H and O–H groups in total. The summed E-state index contributed by atoms with van der Waals surface area (Å²) >= 11 is 0. The molecule has 0 fully saturated rings. The van der Waals surface area contributed by atoms with Gasteiger partial charge in [-0.05, 0) is 24.3 Å². The normalized spacial score (nSPS) is 10.7. The predicted molar refractivity (Wildman–Crippen MR) is 94.0 cm³/mol. The molecule has 4 aromatic rings. The van der Waals surface area contributed by atoms with Crippen LogP contribution in [0.25, 0.3) is 17.3 Å². The molecule has 0 unspecified atom stereocenters. The number of carbonyl (C=O) groups is 1. The van der Waals surface area contributed by atoms with Crippen molar-refractivity contribution in [3.63, 3.8) is 0 Å². The van der Waals surface area contributed by atoms with E-state index >= 15 is 0 Å². The Bertz CT molecular complexity index is 1120. The van der Waals surface area contributed by atoms with Crippen LogP contribution < -0.4 is 10.9 Å². The molecular weight excluding hydrogens is 350 g/mol. The van der Waals surface area contributed by atoms with Gasteiger partial charge in [0.15, 0.2) is 11.6 Å². The van der Waals surface area contributed by atoms with Gasteiger partial charge < -0.3 is 9.73 Å². The smallest absolute Gasteiger partial charge is 0.267 e. The fourth-order valence-electron chi connectivity index (χ4n) is 2.38. The largest absolute Gasteiger partial charge is 0.463 e. The van der Waals surface area contributed by atoms with Gasteiger partial charge in [0.1, 0.15) is 24.4 Å². The van der Waals surface area contributed by atoms with Gasteiger partial charge in [-0.1, -0.05) is 0 Å². The van der Waals surface area contributed by atoms with Crippen molar-refractivity contribution in [2.24, 2.45) is 0 Å². The number of nitrogens with zero attached hydrogens (tertiary/aromatic N) is 6. The summed E-state index contributed by atoms with van der Waals surface area (Å²) in [6.45, 7) is -0.269. The number of rotatable bonds is 5. The van der Waals surface area contributed by atoms with Crippen molar-refractivity contribution in [3.05, 3.63) is 71.7 Å². The summed E-state index contributed by atoms with van der Waals surface area (Å²) < 4.78 is 7.86. The first-order valence-electron chi connectivity index (χ1n) is 7.93. The highest BCUT2D eigenvalue weighted by molar-refractivity contribution is 5.89. The van der Waals surface area contributed by atoms with Crippen LogP contribution in [0, 0.1) is 0 Å². The molecule has 4 aromatic heterocycles. The Labute approximate surface area is 152 Å². The van der Waals surface area contributed by atoms with Crippen LogP contribution in [0.15, 0.2) is 70.6 Å². The quantitative estimate of drug-likeness (QED) is 0.564. The summed E-state index contributed by atoms with van der Waals surface area (Å²) in [4.78, 5) is 32.4. The molecule has 10 heteroatoms. The van der Waals surface area contributed by atoms with E-state index in [1.165, 1.54) is 29.4 Å². The molecule has 0 spiro atoms. The van der Waals surface area contributed by atoms with Crippen LogP contribution in [0.4, 0.5) is 5.82 Å². The second-order valence-corrected chi connectivity index (χ2v) is 5.45. The van der Waals surface area contributed by atoms with Crippen molar-refractivity contribution in [2.75, 3.05) is 5.32 Å². The highest BCUT2D eigenvalue weighted by Gasteiger charge is 2.11. The first-order chi connectivity index (χ1) is 13.2. The van der Waals surface area contributed by atoms with E-state index in [0.29, 0.717) is 17.3 Å². The van der Waals surface area contributed by atoms with E-state index in [9.17, 15) is 9.59 Å². The molecule has 4 heterocycles. The second kappa shape index (κ2) is 7.04. The molecule has 0 aromatic carbocycles. The van der Waals surface area contributed by atoms with Crippen molar-refractivity contribution in [1.29, 1.82) is 0 Å². The van der Waals surface area contributed by atoms with E-state index in [-0.39, 0.29) is 12.4 Å². The van der Waals surface area contributed by atoms with Gasteiger partial charge in [0, 0.05) is 24.5 Å². The number of hydrogen-bond donors (Lipinski definition) is 1. The van der Waals surface area contributed by atoms with Gasteiger partial charge in [0.25, 0.3) is 5.56 Å². The zero-order valence-corrected chi connectivity index (χ0v) is 13.9. The molecule has 0 bridgehead atoms. The number of amides is 1. The van der Waals surface area contributed by atoms with E-state index in [1.807, 2.05) is 0 Å². The fourth-order valence-corrected chi connectivity index (χ4v) is 2.38. The SMILES string of the molecule is O=C(Cn1nc(-c2ccco2)ccc1=O)Nc1cc(-n2cccn2)ncn1. The Balaban J connectivity index is 1.51. The minimum Gasteiger partial charge on any atom is -0.463 e. The molecule has 27 heavy (non-hydrogen) atoms. The average Bonchev–Trinajstić information content (AvgIpc) is 3.38. The number of anilines is 1. The van der Waals surface area contributed by atoms with Gasteiger partial charge >= 0.3 is 0 Å². The maximum Gasteiger partial charge on any atom is 0.267 e. The standard InChI is InChI=1S/C17H13N7O3/c25-16(21-14-9-15(19-11-18-14)23-7-2-6-20-23)10-24-17(26)5-4-12(22-24)13-3-1-8-27-13/h1-9,11H,10H2,(H,18,19,21,25). The highest BCUT2D eigenvalue weighted by atomic mass is 16.3. The van der Waals surface area contributed by atoms with Crippen LogP contribution in [-0.2, 0) is 11.3 Å². The summed E-state index contributed by atoms with van der Waals surface area (Å²) in [7, 11) is 0. The van der Waals surface area contributed by atoms with Crippen molar-refractivity contribution in [2.45, 2.75) is 6.54 Å². The molecule has 0 saturated heterocycles. The van der Waals surface area contributed by atoms with Crippen LogP contribution in [0.5, 0.6) is 0 Å². The van der Waals surface area contributed by atoms with Crippen molar-refractivity contribution < 1.29 is 9.21 Å². The first-order valence-corrected chi connectivity index (χ1v) is 7.93. The van der Waals surface area contributed by atoms with Crippen molar-refractivity contribution >= 4 is 11.7 Å². The van der Waals surface area contributed by atoms with Gasteiger partial charge in [0.2, 0.25) is 5.91 Å². The molecule has 0 aliphatic heterocycles. The Kier molecular flexibility index (Phi) is 4.27. The van der Waals surface area contributed by atoms with Gasteiger partial charge in [-0.25, -0.2) is 19.3 Å². The van der Waals surface area contributed by atoms with Gasteiger partial charge in [0.05, 0.1) is 6.26 Å². The lowest BCUT2D eigenvalue weighted by atomic mass is 10.3. The molecule has 0 saturated carbocycles. The fraction of sp³-hybridized carbons (Fsp3) is 0.0588. The zero-order chi connectivity index (χ0) is 18.6. The number of furan rings is 1. The summed E-state index contributed by atoms with van der Waals surface area (Å²) in [5, 5.41) is 10.8. The molecule has 0 aliphatic rings. The van der Waals surface area contributed by atoms with E-state index < -0.39 is 11.5 Å². The summed E-state index contributed by atoms with van der Waals surface area (Å²) in [5.41, 5.74) is 0.0516. The molecule has 0 aliphatic carbocycles. The first kappa shape index (κ1) is 16.4. The Morgan fingerprint density at radius 3 is 2.89 bits per heavy atom. The number of nitrogens with one attached hydrogen (secondary N) is 1. The highest BCUT2D eigenvalue weighted by Crippen LogP contribution is 2.15. The predicted octanol–water partition coefficient (Wildman–Crippen LogP) is 1.12. The minimum absolute atomic E-state index is 0.269. The molecular formula is C17H13N7O3. The molecule has 1 amide bonds. The van der Waals surface area contributed by atoms with Crippen LogP contribution in [0.2, 0.25) is 0 Å². The van der Waals surface area contributed by atoms with E-state index in [4.69, 9.17) is 4.42 Å². The summed E-state index contributed by atoms with van der Waals surface area (Å²) in [6, 6.07) is 9.63. The third kappa shape index (κ3) is 3.63. The zero-order valence-electron chi connectivity index (χ0n) is 13.9. The van der Waals surface area contributed by atoms with Crippen LogP contribution >= 0.6 is 0 Å². The lowest BCUT2D eigenvalue weighted by Gasteiger charge is -2.08. The maximum absolute atomic E-state index is 12.3. The monoisotopic (exact) mass is 363 g/mol. The Morgan fingerprint density at radius 2 is 2.11 bits per heavy atom. The maximum atomic E-state index is 12.3. The van der Waals surface area contributed by atoms with E-state index in [1.54, 1.807) is 36.7 Å². The molecule has 4 rings (SSSR count). The van der Waals surface area contributed by atoms with E-state index in [0.717, 1.165) is 4.68 Å². The minimum atomic E-state index is -0.452. The lowest BCUT2D eigenvalue weighted by molar-refractivity contribution is -0.117. The number of aromatic nitrogens is 6. The van der Waals surface area contributed by atoms with Crippen LogP contribution in [0.1, 0.15) is 0 Å². The molecule has 10 nitrogen and oxygen atoms in total.